The molecule has 1 aliphatic rings. The molecule has 4 rings (SSSR count). The standard InChI is InChI=1S/C24H23NO5S/c1-13(2)16-10-17-15(9-23(27)30-19(17)8-14(16)3)12-29-22(26)11-21-24(28)25-18-6-4-5-7-20(18)31-21/h4-10,13,21H,11-12H2,1-3H3,(H,25,28)/t21-/m0/s1. The van der Waals surface area contributed by atoms with E-state index in [1.165, 1.54) is 17.8 Å². The Balaban J connectivity index is 1.50. The van der Waals surface area contributed by atoms with E-state index in [0.717, 1.165) is 27.1 Å². The van der Waals surface area contributed by atoms with Gasteiger partial charge in [0.25, 0.3) is 0 Å². The largest absolute Gasteiger partial charge is 0.461 e. The number of hydrogen-bond donors (Lipinski definition) is 1. The molecule has 6 nitrogen and oxygen atoms in total. The maximum atomic E-state index is 12.5. The average Bonchev–Trinajstić information content (AvgIpc) is 2.71. The van der Waals surface area contributed by atoms with E-state index in [1.54, 1.807) is 0 Å². The first-order valence-corrected chi connectivity index (χ1v) is 11.0. The summed E-state index contributed by atoms with van der Waals surface area (Å²) < 4.78 is 10.8. The van der Waals surface area contributed by atoms with E-state index in [0.29, 0.717) is 17.1 Å². The van der Waals surface area contributed by atoms with Crippen LogP contribution in [-0.2, 0) is 20.9 Å². The number of hydrogen-bond acceptors (Lipinski definition) is 6. The molecule has 1 N–H and O–H groups in total. The molecule has 0 saturated carbocycles. The second kappa shape index (κ2) is 8.59. The van der Waals surface area contributed by atoms with Gasteiger partial charge in [0, 0.05) is 21.9 Å². The highest BCUT2D eigenvalue weighted by Gasteiger charge is 2.29. The lowest BCUT2D eigenvalue weighted by molar-refractivity contribution is -0.145. The number of carbonyl (C=O) groups is 2. The summed E-state index contributed by atoms with van der Waals surface area (Å²) in [6.07, 6.45) is -0.0550. The number of thioether (sulfide) groups is 1. The highest BCUT2D eigenvalue weighted by molar-refractivity contribution is 8.01. The van der Waals surface area contributed by atoms with Crippen LogP contribution < -0.4 is 10.9 Å². The predicted molar refractivity (Wildman–Crippen MR) is 120 cm³/mol. The third-order valence-electron chi connectivity index (χ3n) is 5.29. The Morgan fingerprint density at radius 3 is 2.74 bits per heavy atom. The van der Waals surface area contributed by atoms with Crippen molar-refractivity contribution in [2.45, 2.75) is 49.9 Å². The van der Waals surface area contributed by atoms with Crippen LogP contribution in [0.1, 0.15) is 42.9 Å². The topological polar surface area (TPSA) is 85.6 Å². The quantitative estimate of drug-likeness (QED) is 0.457. The molecule has 7 heteroatoms. The zero-order valence-corrected chi connectivity index (χ0v) is 18.4. The zero-order chi connectivity index (χ0) is 22.1. The summed E-state index contributed by atoms with van der Waals surface area (Å²) in [7, 11) is 0. The van der Waals surface area contributed by atoms with E-state index < -0.39 is 16.8 Å². The molecule has 1 amide bonds. The summed E-state index contributed by atoms with van der Waals surface area (Å²) in [5.41, 5.74) is 3.50. The van der Waals surface area contributed by atoms with Crippen LogP contribution in [0.4, 0.5) is 5.69 Å². The molecule has 31 heavy (non-hydrogen) atoms. The fraction of sp³-hybridized carbons (Fsp3) is 0.292. The fourth-order valence-electron chi connectivity index (χ4n) is 3.73. The van der Waals surface area contributed by atoms with Crippen LogP contribution in [0.25, 0.3) is 11.0 Å². The fourth-order valence-corrected chi connectivity index (χ4v) is 4.82. The van der Waals surface area contributed by atoms with Gasteiger partial charge < -0.3 is 14.5 Å². The predicted octanol–water partition coefficient (Wildman–Crippen LogP) is 4.77. The number of fused-ring (bicyclic) bond motifs is 2. The van der Waals surface area contributed by atoms with Crippen molar-refractivity contribution in [3.63, 3.8) is 0 Å². The molecule has 1 aromatic heterocycles. The van der Waals surface area contributed by atoms with Gasteiger partial charge in [-0.3, -0.25) is 9.59 Å². The smallest absolute Gasteiger partial charge is 0.336 e. The van der Waals surface area contributed by atoms with Gasteiger partial charge in [0.2, 0.25) is 5.91 Å². The van der Waals surface area contributed by atoms with Gasteiger partial charge in [-0.25, -0.2) is 4.79 Å². The van der Waals surface area contributed by atoms with Crippen LogP contribution in [0.15, 0.2) is 56.6 Å². The van der Waals surface area contributed by atoms with Crippen molar-refractivity contribution in [1.82, 2.24) is 0 Å². The third kappa shape index (κ3) is 4.51. The Kier molecular flexibility index (Phi) is 5.87. The van der Waals surface area contributed by atoms with Crippen LogP contribution in [0.2, 0.25) is 0 Å². The summed E-state index contributed by atoms with van der Waals surface area (Å²) in [6.45, 7) is 6.11. The highest BCUT2D eigenvalue weighted by atomic mass is 32.2. The highest BCUT2D eigenvalue weighted by Crippen LogP contribution is 2.36. The number of amides is 1. The molecular formula is C24H23NO5S. The zero-order valence-electron chi connectivity index (χ0n) is 17.6. The minimum absolute atomic E-state index is 0.0550. The number of benzene rings is 2. The first-order valence-electron chi connectivity index (χ1n) is 10.1. The van der Waals surface area contributed by atoms with Gasteiger partial charge in [0.05, 0.1) is 17.4 Å². The number of anilines is 1. The molecule has 2 aromatic carbocycles. The van der Waals surface area contributed by atoms with E-state index in [4.69, 9.17) is 9.15 Å². The molecule has 0 bridgehead atoms. The second-order valence-corrected chi connectivity index (χ2v) is 9.15. The normalized spacial score (nSPS) is 15.6. The summed E-state index contributed by atoms with van der Waals surface area (Å²) in [6, 6.07) is 12.7. The lowest BCUT2D eigenvalue weighted by atomic mass is 9.95. The van der Waals surface area contributed by atoms with Crippen molar-refractivity contribution in [2.75, 3.05) is 5.32 Å². The average molecular weight is 438 g/mol. The van der Waals surface area contributed by atoms with Gasteiger partial charge >= 0.3 is 11.6 Å². The molecule has 0 spiro atoms. The molecule has 0 unspecified atom stereocenters. The Hall–Kier alpha value is -3.06. The molecule has 3 aromatic rings. The van der Waals surface area contributed by atoms with E-state index in [-0.39, 0.29) is 18.9 Å². The van der Waals surface area contributed by atoms with Gasteiger partial charge in [0.15, 0.2) is 0 Å². The number of para-hydroxylation sites is 1. The summed E-state index contributed by atoms with van der Waals surface area (Å²) in [4.78, 5) is 37.7. The molecule has 0 radical (unpaired) electrons. The molecule has 1 atom stereocenters. The van der Waals surface area contributed by atoms with Gasteiger partial charge in [-0.05, 0) is 48.2 Å². The maximum Gasteiger partial charge on any atom is 0.336 e. The molecule has 2 heterocycles. The van der Waals surface area contributed by atoms with Gasteiger partial charge in [-0.1, -0.05) is 26.0 Å². The molecule has 0 fully saturated rings. The molecule has 0 aliphatic carbocycles. The number of esters is 1. The second-order valence-electron chi connectivity index (χ2n) is 7.91. The minimum Gasteiger partial charge on any atom is -0.461 e. The lowest BCUT2D eigenvalue weighted by Crippen LogP contribution is -2.31. The van der Waals surface area contributed by atoms with Gasteiger partial charge in [-0.2, -0.15) is 0 Å². The Morgan fingerprint density at radius 2 is 1.97 bits per heavy atom. The first-order chi connectivity index (χ1) is 14.8. The van der Waals surface area contributed by atoms with Crippen LogP contribution in [-0.4, -0.2) is 17.1 Å². The van der Waals surface area contributed by atoms with Crippen LogP contribution in [0, 0.1) is 6.92 Å². The molecule has 160 valence electrons. The Bertz CT molecular complexity index is 1230. The molecular weight excluding hydrogens is 414 g/mol. The van der Waals surface area contributed by atoms with E-state index in [1.807, 2.05) is 43.3 Å². The number of nitrogens with one attached hydrogen (secondary N) is 1. The SMILES string of the molecule is Cc1cc2oc(=O)cc(COC(=O)C[C@@H]3Sc4ccccc4NC3=O)c2cc1C(C)C. The van der Waals surface area contributed by atoms with Gasteiger partial charge in [-0.15, -0.1) is 11.8 Å². The number of rotatable bonds is 5. The van der Waals surface area contributed by atoms with Crippen LogP contribution >= 0.6 is 11.8 Å². The lowest BCUT2D eigenvalue weighted by Gasteiger charge is -2.23. The Labute approximate surface area is 184 Å². The van der Waals surface area contributed by atoms with Crippen LogP contribution in [0.3, 0.4) is 0 Å². The summed E-state index contributed by atoms with van der Waals surface area (Å²) in [5, 5.41) is 3.01. The number of ether oxygens (including phenoxy) is 1. The molecule has 0 saturated heterocycles. The first kappa shape index (κ1) is 21.2. The van der Waals surface area contributed by atoms with Crippen molar-refractivity contribution < 1.29 is 18.7 Å². The van der Waals surface area contributed by atoms with Crippen molar-refractivity contribution >= 4 is 40.3 Å². The maximum absolute atomic E-state index is 12.5. The van der Waals surface area contributed by atoms with Crippen molar-refractivity contribution in [1.29, 1.82) is 0 Å². The molecule has 1 aliphatic heterocycles. The van der Waals surface area contributed by atoms with Gasteiger partial charge in [0.1, 0.15) is 12.2 Å². The van der Waals surface area contributed by atoms with Crippen molar-refractivity contribution in [3.05, 3.63) is 69.6 Å². The summed E-state index contributed by atoms with van der Waals surface area (Å²) >= 11 is 1.35. The number of carbonyl (C=O) groups excluding carboxylic acids is 2. The van der Waals surface area contributed by atoms with E-state index in [2.05, 4.69) is 19.2 Å². The third-order valence-corrected chi connectivity index (χ3v) is 6.56. The van der Waals surface area contributed by atoms with E-state index >= 15 is 0 Å². The number of aryl methyl sites for hydroxylation is 1. The minimum atomic E-state index is -0.560. The monoisotopic (exact) mass is 437 g/mol. The van der Waals surface area contributed by atoms with Crippen molar-refractivity contribution in [2.24, 2.45) is 0 Å². The van der Waals surface area contributed by atoms with Crippen LogP contribution in [0.5, 0.6) is 0 Å². The summed E-state index contributed by atoms with van der Waals surface area (Å²) in [5.74, 6) is -0.412. The van der Waals surface area contributed by atoms with E-state index in [9.17, 15) is 14.4 Å². The Morgan fingerprint density at radius 1 is 1.19 bits per heavy atom. The van der Waals surface area contributed by atoms with Crippen molar-refractivity contribution in [3.8, 4) is 0 Å².